The lowest BCUT2D eigenvalue weighted by atomic mass is 9.87. The molecule has 1 saturated carbocycles. The summed E-state index contributed by atoms with van der Waals surface area (Å²) in [4.78, 5) is 38.2. The second-order valence-electron chi connectivity index (χ2n) is 8.06. The summed E-state index contributed by atoms with van der Waals surface area (Å²) in [7, 11) is 0. The van der Waals surface area contributed by atoms with E-state index in [0.717, 1.165) is 43.1 Å². The molecule has 31 heavy (non-hydrogen) atoms. The Kier molecular flexibility index (Phi) is 5.38. The van der Waals surface area contributed by atoms with Gasteiger partial charge in [-0.25, -0.2) is 14.6 Å². The van der Waals surface area contributed by atoms with Gasteiger partial charge in [0.25, 0.3) is 11.5 Å². The molecule has 4 heterocycles. The first-order chi connectivity index (χ1) is 14.5. The second kappa shape index (κ2) is 7.88. The van der Waals surface area contributed by atoms with E-state index in [4.69, 9.17) is 0 Å². The molecule has 3 aromatic heterocycles. The summed E-state index contributed by atoms with van der Waals surface area (Å²) in [5.74, 6) is 0.367. The monoisotopic (exact) mass is 443 g/mol. The molecule has 1 amide bonds. The molecule has 5 rings (SSSR count). The molecule has 0 atom stereocenters. The summed E-state index contributed by atoms with van der Waals surface area (Å²) < 4.78 is 1.58. The molecule has 10 heteroatoms. The molecular weight excluding hydrogens is 418 g/mol. The molecule has 3 aromatic rings. The molecule has 1 spiro atoms. The Morgan fingerprint density at radius 1 is 1.19 bits per heavy atom. The van der Waals surface area contributed by atoms with Crippen LogP contribution < -0.4 is 21.2 Å². The van der Waals surface area contributed by atoms with Gasteiger partial charge in [0, 0.05) is 12.7 Å². The number of nitrogens with zero attached hydrogens (tertiary/aromatic N) is 4. The Hall–Kier alpha value is -3.07. The number of nitrogens with one attached hydrogen (secondary N) is 3. The van der Waals surface area contributed by atoms with E-state index < -0.39 is 5.66 Å². The number of amides is 1. The summed E-state index contributed by atoms with van der Waals surface area (Å²) in [5, 5.41) is 9.24. The highest BCUT2D eigenvalue weighted by Crippen LogP contribution is 2.34. The van der Waals surface area contributed by atoms with Crippen molar-refractivity contribution >= 4 is 40.9 Å². The van der Waals surface area contributed by atoms with Gasteiger partial charge >= 0.3 is 0 Å². The van der Waals surface area contributed by atoms with Gasteiger partial charge in [0.1, 0.15) is 34.8 Å². The van der Waals surface area contributed by atoms with Crippen molar-refractivity contribution in [2.24, 2.45) is 0 Å². The fourth-order valence-electron chi connectivity index (χ4n) is 4.91. The zero-order chi connectivity index (χ0) is 20.9. The average Bonchev–Trinajstić information content (AvgIpc) is 3.22. The van der Waals surface area contributed by atoms with Gasteiger partial charge < -0.3 is 15.6 Å². The Bertz CT molecular complexity index is 1200. The maximum absolute atomic E-state index is 13.6. The van der Waals surface area contributed by atoms with E-state index in [-0.39, 0.29) is 23.9 Å². The number of hydrogen-bond acceptors (Lipinski definition) is 6. The molecule has 0 bridgehead atoms. The van der Waals surface area contributed by atoms with E-state index in [2.05, 4.69) is 25.6 Å². The Morgan fingerprint density at radius 2 is 1.97 bits per heavy atom. The number of pyridine rings is 1. The van der Waals surface area contributed by atoms with Crippen LogP contribution in [-0.2, 0) is 0 Å². The van der Waals surface area contributed by atoms with Gasteiger partial charge in [0.05, 0.1) is 5.39 Å². The topological polar surface area (TPSA) is 108 Å². The number of carbonyl (C=O) groups excluding carboxylic acids is 1. The number of H-pyrrole nitrogens is 1. The van der Waals surface area contributed by atoms with Crippen molar-refractivity contribution < 1.29 is 4.79 Å². The zero-order valence-electron chi connectivity index (χ0n) is 17.6. The lowest BCUT2D eigenvalue weighted by molar-refractivity contribution is 0.0761. The summed E-state index contributed by atoms with van der Waals surface area (Å²) in [6.45, 7) is 4.49. The zero-order valence-corrected chi connectivity index (χ0v) is 18.4. The van der Waals surface area contributed by atoms with Gasteiger partial charge in [-0.15, -0.1) is 12.4 Å². The first kappa shape index (κ1) is 21.2. The molecule has 1 aliphatic heterocycles. The van der Waals surface area contributed by atoms with Gasteiger partial charge in [-0.2, -0.15) is 0 Å². The van der Waals surface area contributed by atoms with Gasteiger partial charge in [-0.1, -0.05) is 6.42 Å². The first-order valence-corrected chi connectivity index (χ1v) is 10.5. The van der Waals surface area contributed by atoms with E-state index in [1.807, 2.05) is 24.9 Å². The summed E-state index contributed by atoms with van der Waals surface area (Å²) >= 11 is 0. The van der Waals surface area contributed by atoms with Crippen LogP contribution in [0.3, 0.4) is 0 Å². The number of aromatic nitrogens is 4. The quantitative estimate of drug-likeness (QED) is 0.574. The smallest absolute Gasteiger partial charge is 0.293 e. The molecule has 0 aromatic carbocycles. The highest BCUT2D eigenvalue weighted by molar-refractivity contribution is 5.96. The number of fused-ring (bicyclic) bond motifs is 2. The fraction of sp³-hybridized carbons (Fsp3) is 0.429. The lowest BCUT2D eigenvalue weighted by Gasteiger charge is -2.51. The predicted octanol–water partition coefficient (Wildman–Crippen LogP) is 2.96. The minimum absolute atomic E-state index is 0. The van der Waals surface area contributed by atoms with Crippen LogP contribution in [0.2, 0.25) is 0 Å². The molecule has 0 saturated heterocycles. The van der Waals surface area contributed by atoms with Crippen LogP contribution in [0.25, 0.3) is 11.0 Å². The van der Waals surface area contributed by atoms with Crippen LogP contribution in [-0.4, -0.2) is 37.7 Å². The third-order valence-electron chi connectivity index (χ3n) is 6.25. The third kappa shape index (κ3) is 3.23. The van der Waals surface area contributed by atoms with Gasteiger partial charge in [-0.05, 0) is 57.2 Å². The Morgan fingerprint density at radius 3 is 2.71 bits per heavy atom. The molecule has 1 aliphatic carbocycles. The maximum Gasteiger partial charge on any atom is 0.293 e. The van der Waals surface area contributed by atoms with Crippen molar-refractivity contribution in [3.8, 4) is 0 Å². The van der Waals surface area contributed by atoms with Crippen LogP contribution in [0.4, 0.5) is 11.5 Å². The summed E-state index contributed by atoms with van der Waals surface area (Å²) in [6, 6.07) is 3.59. The maximum atomic E-state index is 13.6. The highest BCUT2D eigenvalue weighted by atomic mass is 35.5. The van der Waals surface area contributed by atoms with Crippen molar-refractivity contribution in [3.63, 3.8) is 0 Å². The van der Waals surface area contributed by atoms with E-state index in [1.165, 1.54) is 6.33 Å². The molecule has 164 valence electrons. The molecule has 2 aliphatic rings. The van der Waals surface area contributed by atoms with Gasteiger partial charge in [0.2, 0.25) is 0 Å². The van der Waals surface area contributed by atoms with Crippen molar-refractivity contribution in [2.45, 2.75) is 51.6 Å². The number of halogens is 1. The van der Waals surface area contributed by atoms with Crippen molar-refractivity contribution in [1.82, 2.24) is 24.9 Å². The molecule has 0 radical (unpaired) electrons. The van der Waals surface area contributed by atoms with Crippen molar-refractivity contribution in [1.29, 1.82) is 0 Å². The normalized spacial score (nSPS) is 17.2. The van der Waals surface area contributed by atoms with Crippen LogP contribution in [0.1, 0.15) is 55.1 Å². The molecule has 1 fully saturated rings. The minimum atomic E-state index is -0.505. The first-order valence-electron chi connectivity index (χ1n) is 10.5. The van der Waals surface area contributed by atoms with Crippen molar-refractivity contribution in [3.05, 3.63) is 46.3 Å². The van der Waals surface area contributed by atoms with E-state index >= 15 is 0 Å². The van der Waals surface area contributed by atoms with Crippen LogP contribution >= 0.6 is 12.4 Å². The predicted molar refractivity (Wildman–Crippen MR) is 122 cm³/mol. The van der Waals surface area contributed by atoms with E-state index in [0.29, 0.717) is 29.4 Å². The van der Waals surface area contributed by atoms with Crippen LogP contribution in [0.5, 0.6) is 0 Å². The van der Waals surface area contributed by atoms with Crippen LogP contribution in [0.15, 0.2) is 29.5 Å². The van der Waals surface area contributed by atoms with Crippen LogP contribution in [0, 0.1) is 6.92 Å². The standard InChI is InChI=1S/C21H25N7O2.ClH/c1-3-27-21(8-5-4-6-9-21)26-19(29)16-13(2)11-15(20(30)28(16)27)25-18-14-7-10-22-17(14)23-12-24-18;/h7,10-12H,3-6,8-9H2,1-2H3,(H,26,29)(H2,22,23,24,25);1H. The van der Waals surface area contributed by atoms with E-state index in [9.17, 15) is 9.59 Å². The Balaban J connectivity index is 0.00000231. The number of aromatic amines is 1. The SMILES string of the molecule is CCN1n2c(c(C)cc(Nc3ncnc4[nH]ccc34)c2=O)C(=O)NC12CCCCC2.Cl. The number of hydrogen-bond donors (Lipinski definition) is 3. The molecule has 3 N–H and O–H groups in total. The highest BCUT2D eigenvalue weighted by Gasteiger charge is 2.45. The largest absolute Gasteiger partial charge is 0.346 e. The fourth-order valence-corrected chi connectivity index (χ4v) is 4.91. The second-order valence-corrected chi connectivity index (χ2v) is 8.06. The van der Waals surface area contributed by atoms with Gasteiger partial charge in [-0.3, -0.25) is 14.6 Å². The molecule has 9 nitrogen and oxygen atoms in total. The minimum Gasteiger partial charge on any atom is -0.346 e. The lowest BCUT2D eigenvalue weighted by Crippen LogP contribution is -2.71. The molecule has 0 unspecified atom stereocenters. The van der Waals surface area contributed by atoms with Crippen molar-refractivity contribution in [2.75, 3.05) is 16.9 Å². The average molecular weight is 444 g/mol. The number of anilines is 2. The summed E-state index contributed by atoms with van der Waals surface area (Å²) in [6.07, 6.45) is 8.13. The number of rotatable bonds is 3. The Labute approximate surface area is 185 Å². The molecular formula is C21H26ClN7O2. The summed E-state index contributed by atoms with van der Waals surface area (Å²) in [5.41, 5.74) is 1.46. The third-order valence-corrected chi connectivity index (χ3v) is 6.25. The van der Waals surface area contributed by atoms with Gasteiger partial charge in [0.15, 0.2) is 0 Å². The van der Waals surface area contributed by atoms with E-state index in [1.54, 1.807) is 16.9 Å². The number of carbonyl (C=O) groups is 1. The number of aryl methyl sites for hydroxylation is 1.